The summed E-state index contributed by atoms with van der Waals surface area (Å²) >= 11 is 11.2. The summed E-state index contributed by atoms with van der Waals surface area (Å²) in [6, 6.07) is 0. The van der Waals surface area contributed by atoms with Crippen molar-refractivity contribution in [3.05, 3.63) is 7.91 Å². The number of aromatic nitrogens is 2. The van der Waals surface area contributed by atoms with Crippen LogP contribution < -0.4 is 5.32 Å². The smallest absolute Gasteiger partial charge is 0.203 e. The Labute approximate surface area is 91.2 Å². The summed E-state index contributed by atoms with van der Waals surface area (Å²) in [6.07, 6.45) is 2.28. The fraction of sp³-hybridized carbons (Fsp3) is 0.571. The quantitative estimate of drug-likeness (QED) is 0.619. The standard InChI is InChI=1S/C7H11N3S3/c1-2-3-4-8-5-9-6(11)13-7(12)10-5/h2-4H2,1H3,(H2,8,9,10,11,12). The molecular formula is C7H11N3S3. The van der Waals surface area contributed by atoms with Crippen LogP contribution in [0.3, 0.4) is 0 Å². The Morgan fingerprint density at radius 2 is 2.31 bits per heavy atom. The highest BCUT2D eigenvalue weighted by Crippen LogP contribution is 2.04. The topological polar surface area (TPSA) is 40.7 Å². The van der Waals surface area contributed by atoms with E-state index in [1.54, 1.807) is 0 Å². The Kier molecular flexibility index (Phi) is 4.47. The van der Waals surface area contributed by atoms with Gasteiger partial charge in [-0.25, -0.2) is 0 Å². The van der Waals surface area contributed by atoms with Gasteiger partial charge < -0.3 is 10.3 Å². The molecule has 0 aromatic carbocycles. The Morgan fingerprint density at radius 1 is 1.54 bits per heavy atom. The molecule has 0 aliphatic rings. The number of H-pyrrole nitrogens is 1. The molecule has 0 saturated carbocycles. The second-order valence-corrected chi connectivity index (χ2v) is 4.83. The van der Waals surface area contributed by atoms with Gasteiger partial charge in [-0.2, -0.15) is 4.98 Å². The lowest BCUT2D eigenvalue weighted by molar-refractivity contribution is 0.826. The van der Waals surface area contributed by atoms with Crippen LogP contribution in [0.25, 0.3) is 0 Å². The molecule has 72 valence electrons. The zero-order chi connectivity index (χ0) is 9.68. The molecule has 1 rings (SSSR count). The van der Waals surface area contributed by atoms with Crippen molar-refractivity contribution in [3.63, 3.8) is 0 Å². The average molecular weight is 233 g/mol. The molecule has 0 unspecified atom stereocenters. The zero-order valence-corrected chi connectivity index (χ0v) is 9.74. The van der Waals surface area contributed by atoms with E-state index in [4.69, 9.17) is 24.4 Å². The van der Waals surface area contributed by atoms with Crippen LogP contribution in [0.2, 0.25) is 0 Å². The lowest BCUT2D eigenvalue weighted by Gasteiger charge is -2.02. The lowest BCUT2D eigenvalue weighted by Crippen LogP contribution is -2.04. The molecule has 0 radical (unpaired) electrons. The van der Waals surface area contributed by atoms with Gasteiger partial charge in [0, 0.05) is 6.54 Å². The molecule has 0 atom stereocenters. The Morgan fingerprint density at radius 3 is 2.92 bits per heavy atom. The second-order valence-electron chi connectivity index (χ2n) is 2.52. The molecular weight excluding hydrogens is 222 g/mol. The molecule has 0 fully saturated rings. The zero-order valence-electron chi connectivity index (χ0n) is 7.29. The summed E-state index contributed by atoms with van der Waals surface area (Å²) in [5.41, 5.74) is 0. The molecule has 0 spiro atoms. The van der Waals surface area contributed by atoms with Crippen molar-refractivity contribution < 1.29 is 0 Å². The number of hydrogen-bond acceptors (Lipinski definition) is 5. The van der Waals surface area contributed by atoms with Crippen LogP contribution in [0.15, 0.2) is 0 Å². The first-order valence-corrected chi connectivity index (χ1v) is 5.71. The highest BCUT2D eigenvalue weighted by Gasteiger charge is 1.93. The van der Waals surface area contributed by atoms with E-state index in [-0.39, 0.29) is 0 Å². The summed E-state index contributed by atoms with van der Waals surface area (Å²) in [7, 11) is 0. The molecule has 0 aliphatic carbocycles. The van der Waals surface area contributed by atoms with Gasteiger partial charge in [-0.1, -0.05) is 24.7 Å². The summed E-state index contributed by atoms with van der Waals surface area (Å²) in [6.45, 7) is 3.04. The van der Waals surface area contributed by atoms with E-state index < -0.39 is 0 Å². The predicted molar refractivity (Wildman–Crippen MR) is 61.5 cm³/mol. The molecule has 2 N–H and O–H groups in total. The highest BCUT2D eigenvalue weighted by molar-refractivity contribution is 7.75. The Balaban J connectivity index is 2.67. The third-order valence-electron chi connectivity index (χ3n) is 1.43. The van der Waals surface area contributed by atoms with Gasteiger partial charge in [0.15, 0.2) is 7.91 Å². The van der Waals surface area contributed by atoms with Crippen molar-refractivity contribution >= 4 is 41.7 Å². The van der Waals surface area contributed by atoms with Gasteiger partial charge >= 0.3 is 0 Å². The minimum atomic E-state index is 0.572. The van der Waals surface area contributed by atoms with E-state index in [1.165, 1.54) is 11.3 Å². The Hall–Kier alpha value is -0.330. The van der Waals surface area contributed by atoms with Crippen molar-refractivity contribution in [2.24, 2.45) is 0 Å². The first kappa shape index (κ1) is 10.7. The minimum absolute atomic E-state index is 0.572. The van der Waals surface area contributed by atoms with Gasteiger partial charge in [-0.05, 0) is 30.9 Å². The number of hydrogen-bond donors (Lipinski definition) is 2. The summed E-state index contributed by atoms with van der Waals surface area (Å²) < 4.78 is 1.24. The van der Waals surface area contributed by atoms with Crippen molar-refractivity contribution in [2.45, 2.75) is 19.8 Å². The minimum Gasteiger partial charge on any atom is -0.356 e. The number of rotatable bonds is 4. The highest BCUT2D eigenvalue weighted by atomic mass is 32.2. The lowest BCUT2D eigenvalue weighted by atomic mass is 10.3. The Bertz CT molecular complexity index is 339. The van der Waals surface area contributed by atoms with Gasteiger partial charge in [0.25, 0.3) is 0 Å². The fourth-order valence-corrected chi connectivity index (χ4v) is 2.09. The third-order valence-corrected chi connectivity index (χ3v) is 2.67. The van der Waals surface area contributed by atoms with Crippen LogP contribution in [0.1, 0.15) is 19.8 Å². The number of nitrogens with one attached hydrogen (secondary N) is 2. The molecule has 0 saturated heterocycles. The number of nitrogens with zero attached hydrogens (tertiary/aromatic N) is 1. The van der Waals surface area contributed by atoms with Crippen LogP contribution in [-0.2, 0) is 0 Å². The third kappa shape index (κ3) is 3.93. The van der Waals surface area contributed by atoms with E-state index in [9.17, 15) is 0 Å². The van der Waals surface area contributed by atoms with E-state index in [1.807, 2.05) is 0 Å². The summed E-state index contributed by atoms with van der Waals surface area (Å²) in [4.78, 5) is 7.06. The van der Waals surface area contributed by atoms with Gasteiger partial charge in [-0.15, -0.1) is 0 Å². The molecule has 1 aromatic heterocycles. The molecule has 0 aliphatic heterocycles. The normalized spacial score (nSPS) is 9.92. The van der Waals surface area contributed by atoms with Crippen LogP contribution >= 0.6 is 35.8 Å². The maximum absolute atomic E-state index is 4.98. The van der Waals surface area contributed by atoms with Crippen molar-refractivity contribution in [3.8, 4) is 0 Å². The first-order valence-electron chi connectivity index (χ1n) is 4.07. The van der Waals surface area contributed by atoms with Crippen molar-refractivity contribution in [1.29, 1.82) is 0 Å². The van der Waals surface area contributed by atoms with Crippen LogP contribution in [-0.4, -0.2) is 16.5 Å². The SMILES string of the molecule is CCCCNc1nc(=S)sc(=S)[nH]1. The predicted octanol–water partition coefficient (Wildman–Crippen LogP) is 3.14. The van der Waals surface area contributed by atoms with E-state index in [0.717, 1.165) is 19.4 Å². The van der Waals surface area contributed by atoms with E-state index in [0.29, 0.717) is 13.9 Å². The molecule has 3 nitrogen and oxygen atoms in total. The summed E-state index contributed by atoms with van der Waals surface area (Å²) in [5.74, 6) is 0.683. The van der Waals surface area contributed by atoms with Gasteiger partial charge in [0.2, 0.25) is 5.95 Å². The van der Waals surface area contributed by atoms with Crippen LogP contribution in [0.5, 0.6) is 0 Å². The molecule has 0 amide bonds. The maximum Gasteiger partial charge on any atom is 0.203 e. The van der Waals surface area contributed by atoms with Crippen molar-refractivity contribution in [2.75, 3.05) is 11.9 Å². The van der Waals surface area contributed by atoms with Crippen molar-refractivity contribution in [1.82, 2.24) is 9.97 Å². The van der Waals surface area contributed by atoms with E-state index in [2.05, 4.69) is 22.2 Å². The number of unbranched alkanes of at least 4 members (excludes halogenated alkanes) is 1. The molecule has 6 heteroatoms. The number of anilines is 1. The molecule has 1 aromatic rings. The van der Waals surface area contributed by atoms with Gasteiger partial charge in [0.05, 0.1) is 0 Å². The summed E-state index contributed by atoms with van der Waals surface area (Å²) in [5, 5.41) is 3.13. The maximum atomic E-state index is 4.98. The molecule has 1 heterocycles. The average Bonchev–Trinajstić information content (AvgIpc) is 2.03. The molecule has 13 heavy (non-hydrogen) atoms. The van der Waals surface area contributed by atoms with E-state index >= 15 is 0 Å². The second kappa shape index (κ2) is 5.41. The largest absolute Gasteiger partial charge is 0.356 e. The first-order chi connectivity index (χ1) is 6.22. The molecule has 0 bridgehead atoms. The van der Waals surface area contributed by atoms with Gasteiger partial charge in [0.1, 0.15) is 0 Å². The van der Waals surface area contributed by atoms with Crippen LogP contribution in [0.4, 0.5) is 5.95 Å². The fourth-order valence-electron chi connectivity index (χ4n) is 0.811. The number of aromatic amines is 1. The van der Waals surface area contributed by atoms with Crippen LogP contribution in [0, 0.1) is 7.91 Å². The monoisotopic (exact) mass is 233 g/mol. The van der Waals surface area contributed by atoms with Gasteiger partial charge in [-0.3, -0.25) is 0 Å².